The number of aliphatic hydroxyl groups is 1. The van der Waals surface area contributed by atoms with Gasteiger partial charge in [0.15, 0.2) is 0 Å². The van der Waals surface area contributed by atoms with Gasteiger partial charge in [-0.3, -0.25) is 4.21 Å². The lowest BCUT2D eigenvalue weighted by atomic mass is 9.92. The van der Waals surface area contributed by atoms with Crippen molar-refractivity contribution in [1.29, 1.82) is 0 Å². The largest absolute Gasteiger partial charge is 0.389 e. The third-order valence-corrected chi connectivity index (χ3v) is 4.25. The summed E-state index contributed by atoms with van der Waals surface area (Å²) in [6, 6.07) is 7.70. The molecule has 2 unspecified atom stereocenters. The Morgan fingerprint density at radius 3 is 2.33 bits per heavy atom. The van der Waals surface area contributed by atoms with Crippen LogP contribution in [-0.4, -0.2) is 27.7 Å². The Morgan fingerprint density at radius 1 is 1.33 bits per heavy atom. The van der Waals surface area contributed by atoms with Crippen LogP contribution in [0.2, 0.25) is 0 Å². The van der Waals surface area contributed by atoms with Gasteiger partial charge in [0, 0.05) is 35.0 Å². The van der Waals surface area contributed by atoms with Crippen molar-refractivity contribution in [2.45, 2.75) is 37.8 Å². The van der Waals surface area contributed by atoms with Crippen LogP contribution in [0.3, 0.4) is 0 Å². The maximum Gasteiger partial charge on any atom is 0.0766 e. The number of hydrogen-bond acceptors (Lipinski definition) is 3. The highest BCUT2D eigenvalue weighted by atomic mass is 32.2. The topological polar surface area (TPSA) is 49.3 Å². The molecule has 0 spiro atoms. The van der Waals surface area contributed by atoms with Crippen molar-refractivity contribution in [2.24, 2.45) is 5.92 Å². The Kier molecular flexibility index (Phi) is 5.50. The van der Waals surface area contributed by atoms with Crippen molar-refractivity contribution in [3.63, 3.8) is 0 Å². The highest BCUT2D eigenvalue weighted by Gasteiger charge is 2.23. The summed E-state index contributed by atoms with van der Waals surface area (Å²) in [6.45, 7) is 7.12. The Bertz CT molecular complexity index is 399. The van der Waals surface area contributed by atoms with Gasteiger partial charge in [0.2, 0.25) is 0 Å². The first-order valence-corrected chi connectivity index (χ1v) is 7.74. The molecule has 4 heteroatoms. The average molecular weight is 269 g/mol. The number of hydrogen-bond donors (Lipinski definition) is 2. The molecule has 1 aromatic carbocycles. The average Bonchev–Trinajstić information content (AvgIpc) is 2.29. The molecule has 1 rings (SSSR count). The van der Waals surface area contributed by atoms with E-state index >= 15 is 0 Å². The van der Waals surface area contributed by atoms with E-state index in [9.17, 15) is 9.32 Å². The Balaban J connectivity index is 2.47. The van der Waals surface area contributed by atoms with E-state index in [0.29, 0.717) is 13.1 Å². The third-order valence-electron chi connectivity index (χ3n) is 3.31. The van der Waals surface area contributed by atoms with Gasteiger partial charge in [-0.25, -0.2) is 0 Å². The second-order valence-electron chi connectivity index (χ2n) is 5.21. The quantitative estimate of drug-likeness (QED) is 0.829. The van der Waals surface area contributed by atoms with Crippen LogP contribution >= 0.6 is 0 Å². The van der Waals surface area contributed by atoms with Crippen molar-refractivity contribution in [3.05, 3.63) is 29.8 Å². The standard InChI is InChI=1S/C14H23NO2S/c1-11(2)14(3,16)10-15-9-12-5-7-13(8-6-12)18(4)17/h5-8,11,15-16H,9-10H2,1-4H3. The van der Waals surface area contributed by atoms with E-state index in [2.05, 4.69) is 5.32 Å². The molecular weight excluding hydrogens is 246 g/mol. The predicted molar refractivity (Wildman–Crippen MR) is 75.9 cm³/mol. The van der Waals surface area contributed by atoms with Gasteiger partial charge >= 0.3 is 0 Å². The summed E-state index contributed by atoms with van der Waals surface area (Å²) in [4.78, 5) is 0.841. The van der Waals surface area contributed by atoms with Gasteiger partial charge in [0.1, 0.15) is 0 Å². The zero-order chi connectivity index (χ0) is 13.8. The minimum absolute atomic E-state index is 0.217. The van der Waals surface area contributed by atoms with Crippen LogP contribution in [0.15, 0.2) is 29.2 Å². The maximum atomic E-state index is 11.2. The van der Waals surface area contributed by atoms with Crippen LogP contribution in [0, 0.1) is 5.92 Å². The fourth-order valence-corrected chi connectivity index (χ4v) is 1.98. The lowest BCUT2D eigenvalue weighted by Gasteiger charge is -2.28. The van der Waals surface area contributed by atoms with Crippen LogP contribution < -0.4 is 5.32 Å². The number of rotatable bonds is 6. The molecule has 1 aromatic rings. The molecule has 0 aromatic heterocycles. The van der Waals surface area contributed by atoms with E-state index in [1.165, 1.54) is 0 Å². The molecule has 0 saturated carbocycles. The highest BCUT2D eigenvalue weighted by molar-refractivity contribution is 7.84. The summed E-state index contributed by atoms with van der Waals surface area (Å²) >= 11 is 0. The lowest BCUT2D eigenvalue weighted by Crippen LogP contribution is -2.41. The molecule has 0 aliphatic carbocycles. The molecule has 0 heterocycles. The minimum Gasteiger partial charge on any atom is -0.389 e. The van der Waals surface area contributed by atoms with Gasteiger partial charge in [-0.1, -0.05) is 26.0 Å². The monoisotopic (exact) mass is 269 g/mol. The molecule has 0 aliphatic heterocycles. The molecule has 0 fully saturated rings. The van der Waals surface area contributed by atoms with Crippen LogP contribution in [0.5, 0.6) is 0 Å². The highest BCUT2D eigenvalue weighted by Crippen LogP contribution is 2.15. The second-order valence-corrected chi connectivity index (χ2v) is 6.59. The molecule has 0 bridgehead atoms. The number of benzene rings is 1. The summed E-state index contributed by atoms with van der Waals surface area (Å²) < 4.78 is 11.2. The summed E-state index contributed by atoms with van der Waals surface area (Å²) in [7, 11) is -0.924. The summed E-state index contributed by atoms with van der Waals surface area (Å²) in [5.74, 6) is 0.217. The number of nitrogens with one attached hydrogen (secondary N) is 1. The van der Waals surface area contributed by atoms with E-state index in [-0.39, 0.29) is 5.92 Å². The second kappa shape index (κ2) is 6.45. The van der Waals surface area contributed by atoms with Crippen molar-refractivity contribution in [3.8, 4) is 0 Å². The van der Waals surface area contributed by atoms with Gasteiger partial charge in [0.05, 0.1) is 5.60 Å². The predicted octanol–water partition coefficient (Wildman–Crippen LogP) is 1.92. The van der Waals surface area contributed by atoms with Crippen LogP contribution in [0.25, 0.3) is 0 Å². The van der Waals surface area contributed by atoms with E-state index in [1.54, 1.807) is 6.26 Å². The molecule has 0 amide bonds. The van der Waals surface area contributed by atoms with E-state index < -0.39 is 16.4 Å². The molecular formula is C14H23NO2S. The van der Waals surface area contributed by atoms with Gasteiger partial charge in [-0.2, -0.15) is 0 Å². The first-order valence-electron chi connectivity index (χ1n) is 6.18. The van der Waals surface area contributed by atoms with Crippen molar-refractivity contribution in [2.75, 3.05) is 12.8 Å². The van der Waals surface area contributed by atoms with Gasteiger partial charge in [-0.15, -0.1) is 0 Å². The smallest absolute Gasteiger partial charge is 0.0766 e. The SMILES string of the molecule is CC(C)C(C)(O)CNCc1ccc(S(C)=O)cc1. The Morgan fingerprint density at radius 2 is 1.89 bits per heavy atom. The Labute approximate surface area is 112 Å². The molecule has 0 saturated heterocycles. The summed E-state index contributed by atoms with van der Waals surface area (Å²) in [6.07, 6.45) is 1.67. The van der Waals surface area contributed by atoms with Gasteiger partial charge < -0.3 is 10.4 Å². The molecule has 0 radical (unpaired) electrons. The van der Waals surface area contributed by atoms with E-state index in [0.717, 1.165) is 10.5 Å². The van der Waals surface area contributed by atoms with E-state index in [4.69, 9.17) is 0 Å². The maximum absolute atomic E-state index is 11.2. The molecule has 18 heavy (non-hydrogen) atoms. The fourth-order valence-electron chi connectivity index (χ4n) is 1.46. The zero-order valence-electron chi connectivity index (χ0n) is 11.6. The molecule has 2 N–H and O–H groups in total. The molecule has 2 atom stereocenters. The van der Waals surface area contributed by atoms with Crippen LogP contribution in [-0.2, 0) is 17.3 Å². The summed E-state index contributed by atoms with van der Waals surface area (Å²) in [5.41, 5.74) is 0.439. The minimum atomic E-state index is -0.924. The van der Waals surface area contributed by atoms with Crippen molar-refractivity contribution < 1.29 is 9.32 Å². The van der Waals surface area contributed by atoms with E-state index in [1.807, 2.05) is 45.0 Å². The van der Waals surface area contributed by atoms with Crippen LogP contribution in [0.1, 0.15) is 26.3 Å². The Hall–Kier alpha value is -0.710. The third kappa shape index (κ3) is 4.52. The molecule has 3 nitrogen and oxygen atoms in total. The van der Waals surface area contributed by atoms with Crippen molar-refractivity contribution >= 4 is 10.8 Å². The fraction of sp³-hybridized carbons (Fsp3) is 0.571. The van der Waals surface area contributed by atoms with Crippen molar-refractivity contribution in [1.82, 2.24) is 5.32 Å². The normalized spacial score (nSPS) is 16.6. The molecule has 102 valence electrons. The first-order chi connectivity index (χ1) is 8.33. The summed E-state index contributed by atoms with van der Waals surface area (Å²) in [5, 5.41) is 13.3. The van der Waals surface area contributed by atoms with Crippen LogP contribution in [0.4, 0.5) is 0 Å². The van der Waals surface area contributed by atoms with Gasteiger partial charge in [0.25, 0.3) is 0 Å². The first kappa shape index (κ1) is 15.3. The zero-order valence-corrected chi connectivity index (χ0v) is 12.4. The molecule has 0 aliphatic rings. The lowest BCUT2D eigenvalue weighted by molar-refractivity contribution is 0.0140. The van der Waals surface area contributed by atoms with Gasteiger partial charge in [-0.05, 0) is 30.5 Å².